The molecule has 0 unspecified atom stereocenters. The molecule has 1 saturated heterocycles. The Morgan fingerprint density at radius 3 is 3.08 bits per heavy atom. The van der Waals surface area contributed by atoms with Crippen molar-refractivity contribution in [3.8, 4) is 5.75 Å². The van der Waals surface area contributed by atoms with Crippen molar-refractivity contribution in [1.82, 2.24) is 9.88 Å². The molecule has 2 N–H and O–H groups in total. The Labute approximate surface area is 146 Å². The Kier molecular flexibility index (Phi) is 3.04. The predicted molar refractivity (Wildman–Crippen MR) is 96.8 cm³/mol. The van der Waals surface area contributed by atoms with Crippen LogP contribution in [0.25, 0.3) is 0 Å². The molecule has 0 radical (unpaired) electrons. The lowest BCUT2D eigenvalue weighted by Crippen LogP contribution is -2.61. The lowest BCUT2D eigenvalue weighted by molar-refractivity contribution is 0.0243. The van der Waals surface area contributed by atoms with Crippen molar-refractivity contribution in [3.05, 3.63) is 39.9 Å². The fourth-order valence-electron chi connectivity index (χ4n) is 5.43. The van der Waals surface area contributed by atoms with Gasteiger partial charge in [0.1, 0.15) is 5.75 Å². The molecule has 1 aromatic heterocycles. The second-order valence-corrected chi connectivity index (χ2v) is 8.71. The second kappa shape index (κ2) is 4.96. The summed E-state index contributed by atoms with van der Waals surface area (Å²) < 4.78 is 5.55. The maximum Gasteiger partial charge on any atom is 0.180 e. The molecule has 5 heteroatoms. The van der Waals surface area contributed by atoms with Crippen molar-refractivity contribution in [1.29, 1.82) is 0 Å². The summed E-state index contributed by atoms with van der Waals surface area (Å²) in [6.45, 7) is 1.16. The highest BCUT2D eigenvalue weighted by Crippen LogP contribution is 2.55. The van der Waals surface area contributed by atoms with E-state index >= 15 is 0 Å². The Balaban J connectivity index is 1.72. The summed E-state index contributed by atoms with van der Waals surface area (Å²) in [5, 5.41) is 0.726. The zero-order valence-corrected chi connectivity index (χ0v) is 15.0. The first kappa shape index (κ1) is 14.7. The van der Waals surface area contributed by atoms with E-state index in [2.05, 4.69) is 35.1 Å². The number of rotatable bonds is 1. The van der Waals surface area contributed by atoms with Crippen LogP contribution < -0.4 is 10.5 Å². The van der Waals surface area contributed by atoms with Gasteiger partial charge in [-0.1, -0.05) is 6.07 Å². The summed E-state index contributed by atoms with van der Waals surface area (Å²) in [7, 11) is 4.05. The number of nitrogen functional groups attached to an aromatic ring is 1. The summed E-state index contributed by atoms with van der Waals surface area (Å²) in [4.78, 5) is 8.66. The third-order valence-corrected chi connectivity index (χ3v) is 7.57. The molecule has 0 amide bonds. The fraction of sp³-hybridized carbons (Fsp3) is 0.526. The first-order valence-corrected chi connectivity index (χ1v) is 9.54. The van der Waals surface area contributed by atoms with Crippen LogP contribution in [0.1, 0.15) is 28.1 Å². The SMILES string of the molecule is COc1ccc2c(c1)[C@@]13CCN(C)[C@@H](C2)[C@@H]1Cc1sc(N)nc1C3. The van der Waals surface area contributed by atoms with Gasteiger partial charge in [-0.2, -0.15) is 0 Å². The molecule has 0 saturated carbocycles. The maximum atomic E-state index is 6.03. The van der Waals surface area contributed by atoms with Crippen LogP contribution in [0.2, 0.25) is 0 Å². The largest absolute Gasteiger partial charge is 0.497 e. The molecule has 2 aromatic rings. The van der Waals surface area contributed by atoms with Crippen molar-refractivity contribution in [2.75, 3.05) is 26.4 Å². The molecular formula is C19H23N3OS. The minimum Gasteiger partial charge on any atom is -0.497 e. The van der Waals surface area contributed by atoms with Gasteiger partial charge in [0.05, 0.1) is 12.8 Å². The minimum absolute atomic E-state index is 0.201. The topological polar surface area (TPSA) is 51.4 Å². The van der Waals surface area contributed by atoms with E-state index in [0.717, 1.165) is 36.7 Å². The van der Waals surface area contributed by atoms with Crippen molar-refractivity contribution < 1.29 is 4.74 Å². The molecule has 24 heavy (non-hydrogen) atoms. The van der Waals surface area contributed by atoms with Crippen LogP contribution in [0, 0.1) is 5.92 Å². The van der Waals surface area contributed by atoms with Gasteiger partial charge in [-0.25, -0.2) is 4.98 Å². The summed E-state index contributed by atoms with van der Waals surface area (Å²) in [5.74, 6) is 1.63. The van der Waals surface area contributed by atoms with Gasteiger partial charge in [0.2, 0.25) is 0 Å². The maximum absolute atomic E-state index is 6.03. The Hall–Kier alpha value is -1.59. The number of benzene rings is 1. The normalized spacial score (nSPS) is 31.1. The molecule has 4 nitrogen and oxygen atoms in total. The van der Waals surface area contributed by atoms with Crippen LogP contribution in [-0.2, 0) is 24.7 Å². The fourth-order valence-corrected chi connectivity index (χ4v) is 6.34. The van der Waals surface area contributed by atoms with E-state index in [1.165, 1.54) is 28.1 Å². The Bertz CT molecular complexity index is 817. The van der Waals surface area contributed by atoms with Crippen LogP contribution in [0.5, 0.6) is 5.75 Å². The molecule has 2 bridgehead atoms. The first-order valence-electron chi connectivity index (χ1n) is 8.72. The number of methoxy groups -OCH3 is 1. The van der Waals surface area contributed by atoms with Gasteiger partial charge in [-0.05, 0) is 62.0 Å². The molecule has 1 fully saturated rings. The number of nitrogens with zero attached hydrogens (tertiary/aromatic N) is 2. The standard InChI is InChI=1S/C19H23N3OS/c1-22-6-5-19-10-15-17(24-18(20)21-15)9-14(19)16(22)7-11-3-4-12(23-2)8-13(11)19/h3-4,8,14,16H,5-7,9-10H2,1-2H3,(H2,20,21)/t14-,16-,19-/m0/s1. The van der Waals surface area contributed by atoms with E-state index in [-0.39, 0.29) is 5.41 Å². The Morgan fingerprint density at radius 1 is 1.38 bits per heavy atom. The minimum atomic E-state index is 0.201. The highest BCUT2D eigenvalue weighted by Gasteiger charge is 2.55. The molecule has 2 aliphatic carbocycles. The number of anilines is 1. The molecule has 0 spiro atoms. The molecular weight excluding hydrogens is 318 g/mol. The lowest BCUT2D eigenvalue weighted by atomic mass is 9.53. The van der Waals surface area contributed by atoms with Crippen molar-refractivity contribution in [2.24, 2.45) is 5.92 Å². The molecule has 3 atom stereocenters. The van der Waals surface area contributed by atoms with Crippen LogP contribution in [0.3, 0.4) is 0 Å². The number of hydrogen-bond acceptors (Lipinski definition) is 5. The van der Waals surface area contributed by atoms with E-state index in [1.807, 2.05) is 0 Å². The van der Waals surface area contributed by atoms with Gasteiger partial charge in [-0.3, -0.25) is 0 Å². The third kappa shape index (κ3) is 1.85. The van der Waals surface area contributed by atoms with Gasteiger partial charge < -0.3 is 15.4 Å². The summed E-state index contributed by atoms with van der Waals surface area (Å²) in [6.07, 6.45) is 4.49. The number of piperidine rings is 1. The van der Waals surface area contributed by atoms with E-state index in [1.54, 1.807) is 18.4 Å². The van der Waals surface area contributed by atoms with Crippen LogP contribution >= 0.6 is 11.3 Å². The van der Waals surface area contributed by atoms with Crippen molar-refractivity contribution in [2.45, 2.75) is 37.1 Å². The Morgan fingerprint density at radius 2 is 2.25 bits per heavy atom. The van der Waals surface area contributed by atoms with Crippen molar-refractivity contribution >= 4 is 16.5 Å². The number of nitrogens with two attached hydrogens (primary N) is 1. The number of hydrogen-bond donors (Lipinski definition) is 1. The number of likely N-dealkylation sites (tertiary alicyclic amines) is 1. The smallest absolute Gasteiger partial charge is 0.180 e. The molecule has 2 heterocycles. The lowest BCUT2D eigenvalue weighted by Gasteiger charge is -2.57. The van der Waals surface area contributed by atoms with Gasteiger partial charge in [0.25, 0.3) is 0 Å². The third-order valence-electron chi connectivity index (χ3n) is 6.62. The molecule has 3 aliphatic rings. The predicted octanol–water partition coefficient (Wildman–Crippen LogP) is 2.65. The van der Waals surface area contributed by atoms with Crippen LogP contribution in [0.15, 0.2) is 18.2 Å². The molecule has 5 rings (SSSR count). The zero-order chi connectivity index (χ0) is 16.5. The summed E-state index contributed by atoms with van der Waals surface area (Å²) in [5.41, 5.74) is 10.5. The molecule has 126 valence electrons. The van der Waals surface area contributed by atoms with E-state index in [9.17, 15) is 0 Å². The average Bonchev–Trinajstić information content (AvgIpc) is 2.94. The zero-order valence-electron chi connectivity index (χ0n) is 14.2. The van der Waals surface area contributed by atoms with Gasteiger partial charge in [-0.15, -0.1) is 11.3 Å². The summed E-state index contributed by atoms with van der Waals surface area (Å²) in [6, 6.07) is 7.31. The number of fused-ring (bicyclic) bond motifs is 2. The number of ether oxygens (including phenoxy) is 1. The van der Waals surface area contributed by atoms with Gasteiger partial charge in [0.15, 0.2) is 5.13 Å². The number of thiazole rings is 1. The number of likely N-dealkylation sites (N-methyl/N-ethyl adjacent to an activating group) is 1. The molecule has 1 aromatic carbocycles. The van der Waals surface area contributed by atoms with Crippen molar-refractivity contribution in [3.63, 3.8) is 0 Å². The highest BCUT2D eigenvalue weighted by molar-refractivity contribution is 7.15. The monoisotopic (exact) mass is 341 g/mol. The van der Waals surface area contributed by atoms with Gasteiger partial charge >= 0.3 is 0 Å². The van der Waals surface area contributed by atoms with E-state index in [0.29, 0.717) is 12.0 Å². The summed E-state index contributed by atoms with van der Waals surface area (Å²) >= 11 is 1.69. The van der Waals surface area contributed by atoms with E-state index in [4.69, 9.17) is 10.5 Å². The highest BCUT2D eigenvalue weighted by atomic mass is 32.1. The molecule has 1 aliphatic heterocycles. The van der Waals surface area contributed by atoms with Crippen LogP contribution in [-0.4, -0.2) is 36.6 Å². The second-order valence-electron chi connectivity index (χ2n) is 7.59. The first-order chi connectivity index (χ1) is 11.6. The van der Waals surface area contributed by atoms with Crippen LogP contribution in [0.4, 0.5) is 5.13 Å². The quantitative estimate of drug-likeness (QED) is 0.866. The number of aromatic nitrogens is 1. The van der Waals surface area contributed by atoms with E-state index < -0.39 is 0 Å². The average molecular weight is 341 g/mol. The van der Waals surface area contributed by atoms with Gasteiger partial charge in [0, 0.05) is 22.8 Å².